The Morgan fingerprint density at radius 2 is 0.987 bits per heavy atom. The molecule has 11 amide bonds. The molecule has 13 atom stereocenters. The minimum atomic E-state index is -1.73. The zero-order valence-corrected chi connectivity index (χ0v) is 45.8. The largest absolute Gasteiger partial charge is 0.391 e. The second-order valence-corrected chi connectivity index (χ2v) is 19.7. The summed E-state index contributed by atoms with van der Waals surface area (Å²) in [4.78, 5) is 151. The first kappa shape index (κ1) is 69.9. The smallest absolute Gasteiger partial charge is 0.245 e. The number of aliphatic hydroxyl groups excluding tert-OH is 3. The number of rotatable bonds is 26. The molecule has 30 nitrogen and oxygen atoms in total. The van der Waals surface area contributed by atoms with Gasteiger partial charge in [-0.2, -0.15) is 0 Å². The molecule has 0 aromatic heterocycles. The molecule has 1 saturated heterocycles. The van der Waals surface area contributed by atoms with Crippen molar-refractivity contribution in [3.63, 3.8) is 0 Å². The zero-order chi connectivity index (χ0) is 59.2. The maximum atomic E-state index is 14.3. The van der Waals surface area contributed by atoms with E-state index in [0.717, 1.165) is 12.8 Å². The van der Waals surface area contributed by atoms with Crippen LogP contribution in [-0.2, 0) is 52.7 Å². The number of carbonyl (C=O) groups excluding carboxylic acids is 11. The summed E-state index contributed by atoms with van der Waals surface area (Å²) in [6.07, 6.45) is -3.89. The monoisotopic (exact) mass is 1110 g/mol. The van der Waals surface area contributed by atoms with Gasteiger partial charge in [0.25, 0.3) is 0 Å². The summed E-state index contributed by atoms with van der Waals surface area (Å²) >= 11 is 0. The molecule has 78 heavy (non-hydrogen) atoms. The Morgan fingerprint density at radius 3 is 1.45 bits per heavy atom. The first-order chi connectivity index (χ1) is 36.8. The van der Waals surface area contributed by atoms with Gasteiger partial charge in [0, 0.05) is 13.0 Å². The van der Waals surface area contributed by atoms with Crippen LogP contribution in [0, 0.1) is 5.92 Å². The van der Waals surface area contributed by atoms with E-state index in [0.29, 0.717) is 6.42 Å². The Labute approximate surface area is 455 Å². The van der Waals surface area contributed by atoms with Crippen LogP contribution >= 0.6 is 0 Å². The predicted octanol–water partition coefficient (Wildman–Crippen LogP) is -8.13. The van der Waals surface area contributed by atoms with Gasteiger partial charge >= 0.3 is 0 Å². The van der Waals surface area contributed by atoms with Crippen molar-refractivity contribution in [2.24, 2.45) is 34.6 Å². The first-order valence-corrected chi connectivity index (χ1v) is 26.7. The van der Waals surface area contributed by atoms with Crippen LogP contribution < -0.4 is 87.2 Å². The fourth-order valence-electron chi connectivity index (χ4n) is 7.99. The van der Waals surface area contributed by atoms with Crippen molar-refractivity contribution in [1.82, 2.24) is 58.5 Å². The summed E-state index contributed by atoms with van der Waals surface area (Å²) in [5.74, 6) is -10.6. The van der Waals surface area contributed by atoms with Crippen LogP contribution in [0.25, 0.3) is 0 Å². The van der Waals surface area contributed by atoms with E-state index < -0.39 is 157 Å². The van der Waals surface area contributed by atoms with Crippen LogP contribution in [-0.4, -0.2) is 198 Å². The SMILES string of the molecule is CCCCCC(=O)N[C@@H](CCN)C(=O)N[C@@H](C(=O)N[C@@H](CCN)C(=O)N[C@H]1CCNC(=O)[C@@H]([C@H](C)O)NC(=O)[C@H](CCN)NC(=O)[C@H](CCN)NC(=O)[C@H]([C@H](C)O)NC(=O)[C@@H](CC(C)C)NC(=O)[C@H](CCN)NC1=O)[C@H](C)O. The Morgan fingerprint density at radius 1 is 0.538 bits per heavy atom. The molecular formula is C48H90N16O14. The van der Waals surface area contributed by atoms with Crippen LogP contribution in [0.5, 0.6) is 0 Å². The summed E-state index contributed by atoms with van der Waals surface area (Å²) in [5, 5.41) is 59.2. The van der Waals surface area contributed by atoms with Gasteiger partial charge in [-0.05, 0) is 111 Å². The molecule has 0 saturated carbocycles. The van der Waals surface area contributed by atoms with Crippen molar-refractivity contribution in [3.05, 3.63) is 0 Å². The number of carbonyl (C=O) groups is 11. The number of nitrogens with one attached hydrogen (secondary N) is 11. The highest BCUT2D eigenvalue weighted by Crippen LogP contribution is 2.10. The minimum absolute atomic E-state index is 0.0206. The molecule has 446 valence electrons. The van der Waals surface area contributed by atoms with Crippen molar-refractivity contribution < 1.29 is 68.1 Å². The van der Waals surface area contributed by atoms with Gasteiger partial charge in [-0.1, -0.05) is 33.6 Å². The Balaban J connectivity index is 3.84. The van der Waals surface area contributed by atoms with Gasteiger partial charge in [-0.25, -0.2) is 0 Å². The van der Waals surface area contributed by atoms with Crippen LogP contribution in [0.2, 0.25) is 0 Å². The van der Waals surface area contributed by atoms with Crippen molar-refractivity contribution in [2.45, 2.75) is 191 Å². The van der Waals surface area contributed by atoms with Gasteiger partial charge in [0.1, 0.15) is 60.4 Å². The number of unbranched alkanes of at least 4 members (excludes halogenated alkanes) is 2. The van der Waals surface area contributed by atoms with E-state index in [1.807, 2.05) is 6.92 Å². The van der Waals surface area contributed by atoms with E-state index in [9.17, 15) is 68.1 Å². The molecule has 0 aromatic carbocycles. The van der Waals surface area contributed by atoms with Crippen molar-refractivity contribution in [1.29, 1.82) is 0 Å². The molecule has 1 rings (SSSR count). The van der Waals surface area contributed by atoms with Crippen LogP contribution in [0.1, 0.15) is 112 Å². The van der Waals surface area contributed by atoms with Crippen molar-refractivity contribution >= 4 is 65.0 Å². The average molecular weight is 1120 g/mol. The lowest BCUT2D eigenvalue weighted by Gasteiger charge is -2.29. The fourth-order valence-corrected chi connectivity index (χ4v) is 7.99. The van der Waals surface area contributed by atoms with Crippen molar-refractivity contribution in [3.8, 4) is 0 Å². The van der Waals surface area contributed by atoms with E-state index >= 15 is 0 Å². The van der Waals surface area contributed by atoms with Gasteiger partial charge in [-0.15, -0.1) is 0 Å². The third-order valence-corrected chi connectivity index (χ3v) is 12.4. The molecule has 0 radical (unpaired) electrons. The fraction of sp³-hybridized carbons (Fsp3) is 0.771. The summed E-state index contributed by atoms with van der Waals surface area (Å²) < 4.78 is 0. The van der Waals surface area contributed by atoms with E-state index in [2.05, 4.69) is 58.5 Å². The first-order valence-electron chi connectivity index (χ1n) is 26.7. The predicted molar refractivity (Wildman–Crippen MR) is 284 cm³/mol. The topological polar surface area (TPSA) is 511 Å². The quantitative estimate of drug-likeness (QED) is 0.0358. The van der Waals surface area contributed by atoms with E-state index in [4.69, 9.17) is 28.7 Å². The second kappa shape index (κ2) is 36.9. The molecule has 1 aliphatic heterocycles. The van der Waals surface area contributed by atoms with Gasteiger partial charge in [0.2, 0.25) is 65.0 Å². The summed E-state index contributed by atoms with van der Waals surface area (Å²) in [7, 11) is 0. The highest BCUT2D eigenvalue weighted by molar-refractivity contribution is 5.99. The number of nitrogens with two attached hydrogens (primary N) is 5. The lowest BCUT2D eigenvalue weighted by Crippen LogP contribution is -2.62. The van der Waals surface area contributed by atoms with Gasteiger partial charge in [-0.3, -0.25) is 52.7 Å². The Kier molecular flexibility index (Phi) is 33.0. The highest BCUT2D eigenvalue weighted by atomic mass is 16.3. The van der Waals surface area contributed by atoms with E-state index in [1.165, 1.54) is 20.8 Å². The second-order valence-electron chi connectivity index (χ2n) is 19.7. The summed E-state index contributed by atoms with van der Waals surface area (Å²) in [6, 6.07) is -15.4. The standard InChI is InChI=1S/C48H90N16O14/c1-7-8-9-10-35(68)55-28(11-17-49)43(73)63-37(26(5)66)47(77)60-31(14-20-52)40(70)58-33-16-22-54-46(76)36(25(4)65)62-44(74)32(15-21-53)57-39(69)30(13-19-51)59-48(78)38(27(6)67)64-45(75)34(23-24(2)3)61-41(71)29(12-18-50)56-42(33)72/h24-34,36-38,65-67H,7-23,49-53H2,1-6H3,(H,54,76)(H,55,68)(H,56,72)(H,57,69)(H,58,70)(H,59,78)(H,60,77)(H,61,71)(H,62,74)(H,63,73)(H,64,75)/t25-,26-,27-,28-,29-,30-,31-,32-,33-,34+,36+,37+,38-/m0/s1. The molecule has 0 spiro atoms. The molecular weight excluding hydrogens is 1020 g/mol. The van der Waals surface area contributed by atoms with Crippen LogP contribution in [0.4, 0.5) is 0 Å². The Bertz CT molecular complexity index is 1980. The third kappa shape index (κ3) is 24.7. The average Bonchev–Trinajstić information content (AvgIpc) is 3.36. The molecule has 1 aliphatic rings. The number of amides is 11. The maximum absolute atomic E-state index is 14.3. The lowest BCUT2D eigenvalue weighted by atomic mass is 10.0. The molecule has 1 fully saturated rings. The molecule has 1 heterocycles. The van der Waals surface area contributed by atoms with Crippen molar-refractivity contribution in [2.75, 3.05) is 39.3 Å². The molecule has 24 N–H and O–H groups in total. The number of hydrogen-bond acceptors (Lipinski definition) is 19. The maximum Gasteiger partial charge on any atom is 0.245 e. The van der Waals surface area contributed by atoms with Gasteiger partial charge in [0.15, 0.2) is 0 Å². The normalized spacial score (nSPS) is 23.9. The lowest BCUT2D eigenvalue weighted by molar-refractivity contribution is -0.137. The zero-order valence-electron chi connectivity index (χ0n) is 45.8. The van der Waals surface area contributed by atoms with Crippen LogP contribution in [0.15, 0.2) is 0 Å². The molecule has 0 aliphatic carbocycles. The van der Waals surface area contributed by atoms with Gasteiger partial charge in [0.05, 0.1) is 18.3 Å². The van der Waals surface area contributed by atoms with Crippen LogP contribution in [0.3, 0.4) is 0 Å². The highest BCUT2D eigenvalue weighted by Gasteiger charge is 2.38. The van der Waals surface area contributed by atoms with E-state index in [1.54, 1.807) is 13.8 Å². The minimum Gasteiger partial charge on any atom is -0.391 e. The summed E-state index contributed by atoms with van der Waals surface area (Å²) in [5.41, 5.74) is 29.0. The van der Waals surface area contributed by atoms with Gasteiger partial charge < -0.3 is 102 Å². The summed E-state index contributed by atoms with van der Waals surface area (Å²) in [6.45, 7) is 7.67. The molecule has 30 heteroatoms. The molecule has 0 bridgehead atoms. The number of aliphatic hydroxyl groups is 3. The molecule has 0 aromatic rings. The third-order valence-electron chi connectivity index (χ3n) is 12.4. The Hall–Kier alpha value is -6.15. The molecule has 0 unspecified atom stereocenters. The van der Waals surface area contributed by atoms with E-state index in [-0.39, 0.29) is 83.6 Å². The number of hydrogen-bond donors (Lipinski definition) is 19.